The van der Waals surface area contributed by atoms with Gasteiger partial charge < -0.3 is 17.9 Å². The standard InChI is InChI=1S/C8H15BINO3/c1-12-4-8-2-3-11-5(6(8)14-10)7(9)13-8/h5-7,11H,2-4,9H2,1H3. The molecular weight excluding hydrogens is 296 g/mol. The summed E-state index contributed by atoms with van der Waals surface area (Å²) in [5.41, 5.74) is -0.231. The fourth-order valence-corrected chi connectivity index (χ4v) is 3.36. The molecule has 0 aliphatic carbocycles. The van der Waals surface area contributed by atoms with E-state index in [2.05, 4.69) is 13.2 Å². The van der Waals surface area contributed by atoms with Gasteiger partial charge in [-0.3, -0.25) is 0 Å². The summed E-state index contributed by atoms with van der Waals surface area (Å²) in [6, 6.07) is 0.503. The van der Waals surface area contributed by atoms with E-state index in [9.17, 15) is 0 Å². The molecule has 0 spiro atoms. The average Bonchev–Trinajstić information content (AvgIpc) is 2.30. The Morgan fingerprint density at radius 2 is 2.50 bits per heavy atom. The molecule has 0 aromatic carbocycles. The molecule has 0 amide bonds. The van der Waals surface area contributed by atoms with Crippen molar-refractivity contribution < 1.29 is 12.5 Å². The number of rotatable bonds is 3. The van der Waals surface area contributed by atoms with Crippen LogP contribution in [0.1, 0.15) is 6.42 Å². The van der Waals surface area contributed by atoms with Crippen LogP contribution in [0.3, 0.4) is 0 Å². The highest BCUT2D eigenvalue weighted by molar-refractivity contribution is 14.1. The fourth-order valence-electron chi connectivity index (χ4n) is 2.58. The third-order valence-corrected chi connectivity index (χ3v) is 3.73. The van der Waals surface area contributed by atoms with Crippen molar-refractivity contribution >= 4 is 30.9 Å². The summed E-state index contributed by atoms with van der Waals surface area (Å²) < 4.78 is 16.8. The van der Waals surface area contributed by atoms with Crippen LogP contribution in [0.15, 0.2) is 0 Å². The van der Waals surface area contributed by atoms with E-state index in [1.807, 2.05) is 23.0 Å². The zero-order chi connectivity index (χ0) is 10.2. The molecule has 2 bridgehead atoms. The largest absolute Gasteiger partial charge is 0.382 e. The highest BCUT2D eigenvalue weighted by Gasteiger charge is 2.56. The first-order valence-corrected chi connectivity index (χ1v) is 5.79. The maximum atomic E-state index is 6.00. The monoisotopic (exact) mass is 311 g/mol. The lowest BCUT2D eigenvalue weighted by Gasteiger charge is -2.37. The van der Waals surface area contributed by atoms with Crippen molar-refractivity contribution in [1.82, 2.24) is 5.32 Å². The molecule has 2 aliphatic rings. The Kier molecular flexibility index (Phi) is 3.38. The van der Waals surface area contributed by atoms with Gasteiger partial charge in [0.05, 0.1) is 12.6 Å². The molecule has 4 nitrogen and oxygen atoms in total. The average molecular weight is 311 g/mol. The van der Waals surface area contributed by atoms with Crippen LogP contribution in [-0.2, 0) is 12.5 Å². The maximum Gasteiger partial charge on any atom is 0.141 e. The van der Waals surface area contributed by atoms with Gasteiger partial charge in [-0.1, -0.05) is 0 Å². The highest BCUT2D eigenvalue weighted by atomic mass is 127. The Bertz CT molecular complexity index is 217. The van der Waals surface area contributed by atoms with Gasteiger partial charge in [-0.2, -0.15) is 0 Å². The molecule has 2 rings (SSSR count). The zero-order valence-electron chi connectivity index (χ0n) is 8.46. The molecule has 4 atom stereocenters. The number of ether oxygens (including phenoxy) is 2. The molecule has 0 radical (unpaired) electrons. The van der Waals surface area contributed by atoms with Crippen molar-refractivity contribution in [3.63, 3.8) is 0 Å². The summed E-state index contributed by atoms with van der Waals surface area (Å²) in [7, 11) is 3.80. The van der Waals surface area contributed by atoms with Crippen LogP contribution in [-0.4, -0.2) is 51.9 Å². The molecule has 0 aromatic rings. The van der Waals surface area contributed by atoms with E-state index in [-0.39, 0.29) is 17.7 Å². The fraction of sp³-hybridized carbons (Fsp3) is 1.00. The van der Waals surface area contributed by atoms with Crippen molar-refractivity contribution in [1.29, 1.82) is 0 Å². The number of piperidine rings is 1. The Morgan fingerprint density at radius 1 is 1.71 bits per heavy atom. The molecule has 6 heteroatoms. The predicted molar refractivity (Wildman–Crippen MR) is 63.3 cm³/mol. The molecule has 14 heavy (non-hydrogen) atoms. The van der Waals surface area contributed by atoms with Crippen LogP contribution >= 0.6 is 23.0 Å². The van der Waals surface area contributed by atoms with Crippen LogP contribution in [0.5, 0.6) is 0 Å². The second-order valence-corrected chi connectivity index (χ2v) is 4.57. The SMILES string of the molecule is BC1OC2(COC)CCNC1C2OI. The lowest BCUT2D eigenvalue weighted by Crippen LogP contribution is -2.57. The highest BCUT2D eigenvalue weighted by Crippen LogP contribution is 2.39. The van der Waals surface area contributed by atoms with E-state index in [4.69, 9.17) is 12.5 Å². The number of hydrogen-bond donors (Lipinski definition) is 1. The molecule has 2 fully saturated rings. The van der Waals surface area contributed by atoms with Crippen molar-refractivity contribution in [2.45, 2.75) is 30.2 Å². The summed E-state index contributed by atoms with van der Waals surface area (Å²) in [5.74, 6) is 0. The first kappa shape index (κ1) is 11.1. The summed E-state index contributed by atoms with van der Waals surface area (Å²) in [6.07, 6.45) is 1.06. The normalized spacial score (nSPS) is 46.9. The predicted octanol–water partition coefficient (Wildman–Crippen LogP) is -0.542. The lowest BCUT2D eigenvalue weighted by atomic mass is 9.83. The van der Waals surface area contributed by atoms with Crippen LogP contribution in [0.25, 0.3) is 0 Å². The number of halogens is 1. The van der Waals surface area contributed by atoms with Gasteiger partial charge in [-0.15, -0.1) is 0 Å². The Morgan fingerprint density at radius 3 is 3.14 bits per heavy atom. The van der Waals surface area contributed by atoms with Crippen LogP contribution in [0.4, 0.5) is 0 Å². The molecule has 0 aromatic heterocycles. The second kappa shape index (κ2) is 4.25. The number of nitrogens with one attached hydrogen (secondary N) is 1. The van der Waals surface area contributed by atoms with Crippen LogP contribution < -0.4 is 5.32 Å². The van der Waals surface area contributed by atoms with E-state index in [1.54, 1.807) is 7.11 Å². The molecule has 2 aliphatic heterocycles. The number of methoxy groups -OCH3 is 1. The van der Waals surface area contributed by atoms with Gasteiger partial charge in [0.1, 0.15) is 42.6 Å². The smallest absolute Gasteiger partial charge is 0.141 e. The van der Waals surface area contributed by atoms with Gasteiger partial charge in [0, 0.05) is 13.1 Å². The maximum absolute atomic E-state index is 6.00. The van der Waals surface area contributed by atoms with Gasteiger partial charge in [0.25, 0.3) is 0 Å². The molecule has 0 saturated carbocycles. The third kappa shape index (κ3) is 1.61. The van der Waals surface area contributed by atoms with Gasteiger partial charge in [0.15, 0.2) is 0 Å². The van der Waals surface area contributed by atoms with Crippen molar-refractivity contribution in [3.8, 4) is 0 Å². The second-order valence-electron chi connectivity index (χ2n) is 4.06. The topological polar surface area (TPSA) is 39.7 Å². The minimum absolute atomic E-state index is 0.104. The molecular formula is C8H15BINO3. The quantitative estimate of drug-likeness (QED) is 0.561. The first-order valence-electron chi connectivity index (χ1n) is 4.91. The minimum Gasteiger partial charge on any atom is -0.382 e. The minimum atomic E-state index is -0.231. The van der Waals surface area contributed by atoms with Crippen molar-refractivity contribution in [3.05, 3.63) is 0 Å². The van der Waals surface area contributed by atoms with E-state index in [0.717, 1.165) is 13.0 Å². The van der Waals surface area contributed by atoms with E-state index >= 15 is 0 Å². The molecule has 2 saturated heterocycles. The van der Waals surface area contributed by atoms with Crippen molar-refractivity contribution in [2.24, 2.45) is 0 Å². The summed E-state index contributed by atoms with van der Waals surface area (Å²) >= 11 is 1.96. The lowest BCUT2D eigenvalue weighted by molar-refractivity contribution is -0.0986. The zero-order valence-corrected chi connectivity index (χ0v) is 10.6. The van der Waals surface area contributed by atoms with Gasteiger partial charge >= 0.3 is 0 Å². The Balaban J connectivity index is 2.20. The molecule has 4 unspecified atom stereocenters. The Labute approximate surface area is 99.1 Å². The molecule has 1 N–H and O–H groups in total. The first-order chi connectivity index (χ1) is 6.73. The summed E-state index contributed by atoms with van der Waals surface area (Å²) in [5, 5.41) is 3.43. The van der Waals surface area contributed by atoms with Gasteiger partial charge in [0.2, 0.25) is 0 Å². The summed E-state index contributed by atoms with van der Waals surface area (Å²) in [4.78, 5) is 0. The molecule has 2 heterocycles. The third-order valence-electron chi connectivity index (χ3n) is 3.18. The number of fused-ring (bicyclic) bond motifs is 2. The Hall–Kier alpha value is 0.635. The summed E-state index contributed by atoms with van der Waals surface area (Å²) in [6.45, 7) is 1.60. The van der Waals surface area contributed by atoms with Gasteiger partial charge in [-0.25, -0.2) is 0 Å². The van der Waals surface area contributed by atoms with Gasteiger partial charge in [-0.05, 0) is 13.0 Å². The number of hydrogen-bond acceptors (Lipinski definition) is 4. The molecule has 80 valence electrons. The van der Waals surface area contributed by atoms with E-state index in [0.29, 0.717) is 12.6 Å². The van der Waals surface area contributed by atoms with E-state index < -0.39 is 0 Å². The van der Waals surface area contributed by atoms with E-state index in [1.165, 1.54) is 0 Å². The van der Waals surface area contributed by atoms with Crippen LogP contribution in [0.2, 0.25) is 0 Å². The van der Waals surface area contributed by atoms with Crippen LogP contribution in [0, 0.1) is 0 Å². The van der Waals surface area contributed by atoms with Crippen molar-refractivity contribution in [2.75, 3.05) is 20.3 Å².